The number of benzene rings is 6. The standard InChI is InChI=1S/C54H40N6S2/c1-53(2)39-15-5-9-21-45(39)59(46-22-10-6-16-40(46)53)37-29-33(27-35(31-37)49-57-43-19-13-25-55-51(43)61-49)34-28-36(50-58-44-20-14-26-56-52(44)62-50)32-38(30-34)60-47-23-11-7-17-41(47)54(3,4)42-18-8-12-24-48(42)60/h5-32H,1-4H3. The van der Waals surface area contributed by atoms with Gasteiger partial charge in [-0.1, -0.05) is 123 Å². The Labute approximate surface area is 368 Å². The lowest BCUT2D eigenvalue weighted by atomic mass is 9.73. The van der Waals surface area contributed by atoms with Gasteiger partial charge in [-0.25, -0.2) is 19.9 Å². The Morgan fingerprint density at radius 3 is 1.08 bits per heavy atom. The van der Waals surface area contributed by atoms with E-state index in [0.29, 0.717) is 0 Å². The Hall–Kier alpha value is -7.00. The number of para-hydroxylation sites is 4. The highest BCUT2D eigenvalue weighted by Gasteiger charge is 2.38. The first-order chi connectivity index (χ1) is 30.2. The molecule has 0 unspecified atom stereocenters. The lowest BCUT2D eigenvalue weighted by Crippen LogP contribution is -2.30. The number of thiazole rings is 2. The van der Waals surface area contributed by atoms with Crippen LogP contribution in [-0.2, 0) is 10.8 Å². The average molecular weight is 837 g/mol. The lowest BCUT2D eigenvalue weighted by Gasteiger charge is -2.42. The molecule has 10 aromatic rings. The Bertz CT molecular complexity index is 3020. The minimum atomic E-state index is -0.187. The van der Waals surface area contributed by atoms with Crippen LogP contribution >= 0.6 is 22.7 Å². The van der Waals surface area contributed by atoms with Crippen molar-refractivity contribution in [2.45, 2.75) is 38.5 Å². The van der Waals surface area contributed by atoms with Crippen molar-refractivity contribution in [3.8, 4) is 32.3 Å². The van der Waals surface area contributed by atoms with Crippen LogP contribution in [0.15, 0.2) is 170 Å². The molecule has 2 aliphatic heterocycles. The molecule has 0 N–H and O–H groups in total. The van der Waals surface area contributed by atoms with Gasteiger partial charge >= 0.3 is 0 Å². The van der Waals surface area contributed by atoms with Crippen molar-refractivity contribution in [3.63, 3.8) is 0 Å². The maximum absolute atomic E-state index is 5.17. The van der Waals surface area contributed by atoms with Crippen LogP contribution < -0.4 is 9.80 Å². The predicted molar refractivity (Wildman–Crippen MR) is 258 cm³/mol. The molecular formula is C54H40N6S2. The van der Waals surface area contributed by atoms with E-state index >= 15 is 0 Å². The molecule has 0 bridgehead atoms. The van der Waals surface area contributed by atoms with Crippen LogP contribution in [0, 0.1) is 0 Å². The summed E-state index contributed by atoms with van der Waals surface area (Å²) in [6.07, 6.45) is 3.69. The summed E-state index contributed by atoms with van der Waals surface area (Å²) in [6.45, 7) is 9.34. The van der Waals surface area contributed by atoms with Gasteiger partial charge in [0.05, 0.1) is 22.7 Å². The fraction of sp³-hybridized carbons (Fsp3) is 0.111. The Balaban J connectivity index is 1.14. The molecule has 0 amide bonds. The van der Waals surface area contributed by atoms with Crippen LogP contribution in [0.4, 0.5) is 34.1 Å². The zero-order valence-electron chi connectivity index (χ0n) is 34.7. The second kappa shape index (κ2) is 13.8. The van der Waals surface area contributed by atoms with E-state index in [1.54, 1.807) is 22.7 Å². The zero-order chi connectivity index (χ0) is 41.7. The molecule has 0 atom stereocenters. The molecule has 12 rings (SSSR count). The van der Waals surface area contributed by atoms with Crippen LogP contribution in [0.25, 0.3) is 53.0 Å². The van der Waals surface area contributed by atoms with E-state index in [0.717, 1.165) is 64.3 Å². The van der Waals surface area contributed by atoms with Gasteiger partial charge in [-0.3, -0.25) is 0 Å². The fourth-order valence-electron chi connectivity index (χ4n) is 9.74. The number of anilines is 6. The van der Waals surface area contributed by atoms with Gasteiger partial charge in [0.15, 0.2) is 0 Å². The second-order valence-corrected chi connectivity index (χ2v) is 19.2. The van der Waals surface area contributed by atoms with E-state index < -0.39 is 0 Å². The molecule has 298 valence electrons. The molecule has 6 aromatic carbocycles. The summed E-state index contributed by atoms with van der Waals surface area (Å²) >= 11 is 3.26. The van der Waals surface area contributed by atoms with E-state index in [4.69, 9.17) is 19.9 Å². The van der Waals surface area contributed by atoms with E-state index in [1.165, 1.54) is 45.0 Å². The normalized spacial score (nSPS) is 14.6. The van der Waals surface area contributed by atoms with Crippen molar-refractivity contribution < 1.29 is 0 Å². The number of rotatable bonds is 5. The van der Waals surface area contributed by atoms with Crippen molar-refractivity contribution >= 4 is 77.5 Å². The van der Waals surface area contributed by atoms with Gasteiger partial charge in [0.2, 0.25) is 0 Å². The molecule has 0 fully saturated rings. The van der Waals surface area contributed by atoms with Gasteiger partial charge in [0, 0.05) is 45.7 Å². The SMILES string of the molecule is CC1(C)c2ccccc2N(c2cc(-c3cc(-c4nc5cccnc5s4)cc(N4c5ccccc5C(C)(C)c5ccccc54)c3)cc(-c3nc4cccnc4s3)c2)c2ccccc21. The molecule has 0 aliphatic carbocycles. The highest BCUT2D eigenvalue weighted by atomic mass is 32.1. The number of nitrogens with zero attached hydrogens (tertiary/aromatic N) is 6. The minimum absolute atomic E-state index is 0.187. The highest BCUT2D eigenvalue weighted by molar-refractivity contribution is 7.21. The van der Waals surface area contributed by atoms with Crippen molar-refractivity contribution in [2.75, 3.05) is 9.80 Å². The van der Waals surface area contributed by atoms with Crippen molar-refractivity contribution in [1.82, 2.24) is 19.9 Å². The number of hydrogen-bond donors (Lipinski definition) is 0. The van der Waals surface area contributed by atoms with E-state index in [-0.39, 0.29) is 10.8 Å². The third-order valence-corrected chi connectivity index (χ3v) is 14.8. The molecular weight excluding hydrogens is 797 g/mol. The average Bonchev–Trinajstić information content (AvgIpc) is 3.95. The molecule has 0 saturated heterocycles. The van der Waals surface area contributed by atoms with Gasteiger partial charge in [-0.15, -0.1) is 0 Å². The van der Waals surface area contributed by atoms with Crippen LogP contribution in [0.1, 0.15) is 49.9 Å². The first-order valence-corrected chi connectivity index (χ1v) is 22.6. The third-order valence-electron chi connectivity index (χ3n) is 12.8. The first kappa shape index (κ1) is 36.8. The van der Waals surface area contributed by atoms with Crippen LogP contribution in [-0.4, -0.2) is 19.9 Å². The largest absolute Gasteiger partial charge is 0.310 e. The van der Waals surface area contributed by atoms with E-state index in [2.05, 4.69) is 171 Å². The summed E-state index contributed by atoms with van der Waals surface area (Å²) in [7, 11) is 0. The third kappa shape index (κ3) is 5.67. The summed E-state index contributed by atoms with van der Waals surface area (Å²) < 4.78 is 0. The van der Waals surface area contributed by atoms with Gasteiger partial charge in [-0.2, -0.15) is 0 Å². The van der Waals surface area contributed by atoms with Crippen LogP contribution in [0.5, 0.6) is 0 Å². The number of pyridine rings is 2. The predicted octanol–water partition coefficient (Wildman–Crippen LogP) is 14.9. The number of fused-ring (bicyclic) bond motifs is 6. The Morgan fingerprint density at radius 1 is 0.387 bits per heavy atom. The second-order valence-electron chi connectivity index (χ2n) is 17.2. The summed E-state index contributed by atoms with van der Waals surface area (Å²) in [5, 5.41) is 1.85. The quantitative estimate of drug-likeness (QED) is 0.172. The molecule has 6 heterocycles. The maximum atomic E-state index is 5.17. The maximum Gasteiger partial charge on any atom is 0.143 e. The number of hydrogen-bond acceptors (Lipinski definition) is 8. The Kier molecular flexibility index (Phi) is 8.17. The van der Waals surface area contributed by atoms with Gasteiger partial charge in [-0.05, 0) is 118 Å². The summed E-state index contributed by atoms with van der Waals surface area (Å²) in [5.41, 5.74) is 17.6. The zero-order valence-corrected chi connectivity index (χ0v) is 36.3. The smallest absolute Gasteiger partial charge is 0.143 e. The summed E-state index contributed by atoms with van der Waals surface area (Å²) in [4.78, 5) is 26.5. The summed E-state index contributed by atoms with van der Waals surface area (Å²) in [6, 6.07) is 57.3. The summed E-state index contributed by atoms with van der Waals surface area (Å²) in [5.74, 6) is 0. The molecule has 8 heteroatoms. The van der Waals surface area contributed by atoms with Crippen molar-refractivity contribution in [3.05, 3.63) is 192 Å². The molecule has 62 heavy (non-hydrogen) atoms. The van der Waals surface area contributed by atoms with E-state index in [9.17, 15) is 0 Å². The molecule has 0 spiro atoms. The molecule has 6 nitrogen and oxygen atoms in total. The molecule has 2 aliphatic rings. The minimum Gasteiger partial charge on any atom is -0.310 e. The topological polar surface area (TPSA) is 58.0 Å². The molecule has 0 radical (unpaired) electrons. The molecule has 0 saturated carbocycles. The lowest BCUT2D eigenvalue weighted by molar-refractivity contribution is 0.631. The van der Waals surface area contributed by atoms with Crippen molar-refractivity contribution in [1.29, 1.82) is 0 Å². The van der Waals surface area contributed by atoms with Gasteiger partial charge in [0.25, 0.3) is 0 Å². The number of aromatic nitrogens is 4. The van der Waals surface area contributed by atoms with Gasteiger partial charge < -0.3 is 9.80 Å². The van der Waals surface area contributed by atoms with E-state index in [1.807, 2.05) is 36.7 Å². The van der Waals surface area contributed by atoms with Crippen molar-refractivity contribution in [2.24, 2.45) is 0 Å². The van der Waals surface area contributed by atoms with Crippen LogP contribution in [0.2, 0.25) is 0 Å². The Morgan fingerprint density at radius 2 is 0.726 bits per heavy atom. The van der Waals surface area contributed by atoms with Crippen LogP contribution in [0.3, 0.4) is 0 Å². The van der Waals surface area contributed by atoms with Gasteiger partial charge in [0.1, 0.15) is 30.7 Å². The first-order valence-electron chi connectivity index (χ1n) is 21.0. The monoisotopic (exact) mass is 836 g/mol. The highest BCUT2D eigenvalue weighted by Crippen LogP contribution is 2.55. The fourth-order valence-corrected chi connectivity index (χ4v) is 11.5. The molecule has 4 aromatic heterocycles.